The molecule has 2 atom stereocenters. The Hall–Kier alpha value is -1.23. The Morgan fingerprint density at radius 1 is 1.47 bits per heavy atom. The fourth-order valence-electron chi connectivity index (χ4n) is 1.38. The number of hydrogen-bond donors (Lipinski definition) is 2. The molecule has 19 heavy (non-hydrogen) atoms. The van der Waals surface area contributed by atoms with Gasteiger partial charge in [-0.2, -0.15) is 0 Å². The summed E-state index contributed by atoms with van der Waals surface area (Å²) < 4.78 is 13.5. The summed E-state index contributed by atoms with van der Waals surface area (Å²) in [5.74, 6) is 0.827. The van der Waals surface area contributed by atoms with Crippen LogP contribution in [-0.4, -0.2) is 16.9 Å². The van der Waals surface area contributed by atoms with Gasteiger partial charge in [-0.05, 0) is 36.8 Å². The van der Waals surface area contributed by atoms with E-state index in [1.165, 1.54) is 18.2 Å². The van der Waals surface area contributed by atoms with Crippen LogP contribution >= 0.6 is 11.8 Å². The number of nitrogen functional groups attached to an aromatic ring is 1. The number of rotatable bonds is 6. The number of amides is 1. The molecule has 0 aromatic heterocycles. The van der Waals surface area contributed by atoms with Crippen LogP contribution < -0.4 is 11.1 Å². The van der Waals surface area contributed by atoms with E-state index in [9.17, 15) is 9.18 Å². The van der Waals surface area contributed by atoms with Gasteiger partial charge in [0.2, 0.25) is 5.91 Å². The van der Waals surface area contributed by atoms with Crippen LogP contribution in [0.3, 0.4) is 0 Å². The molecule has 0 heterocycles. The molecule has 1 rings (SSSR count). The average molecular weight is 284 g/mol. The van der Waals surface area contributed by atoms with Crippen LogP contribution in [0.2, 0.25) is 0 Å². The molecule has 5 heteroatoms. The highest BCUT2D eigenvalue weighted by atomic mass is 32.2. The number of thioether (sulfide) groups is 1. The third kappa shape index (κ3) is 5.11. The summed E-state index contributed by atoms with van der Waals surface area (Å²) in [5.41, 5.74) is 6.14. The number of anilines is 2. The lowest BCUT2D eigenvalue weighted by molar-refractivity contribution is -0.115. The van der Waals surface area contributed by atoms with E-state index < -0.39 is 5.82 Å². The zero-order chi connectivity index (χ0) is 14.4. The maximum absolute atomic E-state index is 13.5. The van der Waals surface area contributed by atoms with Gasteiger partial charge >= 0.3 is 0 Å². The quantitative estimate of drug-likeness (QED) is 0.786. The molecule has 0 fully saturated rings. The molecule has 0 aliphatic carbocycles. The summed E-state index contributed by atoms with van der Waals surface area (Å²) in [6.07, 6.45) is 1.09. The first-order valence-corrected chi connectivity index (χ1v) is 7.46. The number of hydrogen-bond acceptors (Lipinski definition) is 3. The van der Waals surface area contributed by atoms with E-state index >= 15 is 0 Å². The topological polar surface area (TPSA) is 55.1 Å². The molecule has 0 saturated heterocycles. The maximum Gasteiger partial charge on any atom is 0.237 e. The molecule has 106 valence electrons. The SMILES string of the molecule is CCC(C)CSC(C)C(=O)Nc1cc(N)ccc1F. The maximum atomic E-state index is 13.5. The molecule has 1 aromatic carbocycles. The normalized spacial score (nSPS) is 13.9. The molecule has 0 spiro atoms. The van der Waals surface area contributed by atoms with Crippen molar-refractivity contribution >= 4 is 29.0 Å². The zero-order valence-corrected chi connectivity index (χ0v) is 12.4. The summed E-state index contributed by atoms with van der Waals surface area (Å²) >= 11 is 1.58. The highest BCUT2D eigenvalue weighted by molar-refractivity contribution is 8.00. The standard InChI is InChI=1S/C14H21FN2OS/c1-4-9(2)8-19-10(3)14(18)17-13-7-11(16)5-6-12(13)15/h5-7,9-10H,4,8,16H2,1-3H3,(H,17,18). The van der Waals surface area contributed by atoms with Gasteiger partial charge in [-0.15, -0.1) is 11.8 Å². The number of benzene rings is 1. The van der Waals surface area contributed by atoms with Crippen LogP contribution in [0.4, 0.5) is 15.8 Å². The summed E-state index contributed by atoms with van der Waals surface area (Å²) in [5, 5.41) is 2.36. The number of nitrogens with two attached hydrogens (primary N) is 1. The smallest absolute Gasteiger partial charge is 0.237 e. The van der Waals surface area contributed by atoms with Crippen molar-refractivity contribution in [1.82, 2.24) is 0 Å². The van der Waals surface area contributed by atoms with Crippen molar-refractivity contribution < 1.29 is 9.18 Å². The third-order valence-corrected chi connectivity index (χ3v) is 4.42. The lowest BCUT2D eigenvalue weighted by Crippen LogP contribution is -2.24. The van der Waals surface area contributed by atoms with E-state index in [4.69, 9.17) is 5.73 Å². The van der Waals surface area contributed by atoms with Crippen LogP contribution in [0.5, 0.6) is 0 Å². The average Bonchev–Trinajstić information content (AvgIpc) is 2.39. The van der Waals surface area contributed by atoms with Gasteiger partial charge in [-0.1, -0.05) is 20.3 Å². The van der Waals surface area contributed by atoms with Crippen molar-refractivity contribution in [1.29, 1.82) is 0 Å². The van der Waals surface area contributed by atoms with E-state index in [0.29, 0.717) is 11.6 Å². The Kier molecular flexibility index (Phi) is 6.15. The summed E-state index contributed by atoms with van der Waals surface area (Å²) in [4.78, 5) is 11.9. The number of nitrogens with one attached hydrogen (secondary N) is 1. The largest absolute Gasteiger partial charge is 0.399 e. The highest BCUT2D eigenvalue weighted by Crippen LogP contribution is 2.21. The van der Waals surface area contributed by atoms with Crippen molar-refractivity contribution in [2.24, 2.45) is 5.92 Å². The predicted octanol–water partition coefficient (Wildman–Crippen LogP) is 3.51. The van der Waals surface area contributed by atoms with E-state index in [1.54, 1.807) is 11.8 Å². The highest BCUT2D eigenvalue weighted by Gasteiger charge is 2.16. The monoisotopic (exact) mass is 284 g/mol. The van der Waals surface area contributed by atoms with Gasteiger partial charge < -0.3 is 11.1 Å². The molecule has 0 saturated carbocycles. The van der Waals surface area contributed by atoms with E-state index in [1.807, 2.05) is 6.92 Å². The Morgan fingerprint density at radius 3 is 2.79 bits per heavy atom. The third-order valence-electron chi connectivity index (χ3n) is 2.95. The number of carbonyl (C=O) groups excluding carboxylic acids is 1. The van der Waals surface area contributed by atoms with Crippen LogP contribution in [0.1, 0.15) is 27.2 Å². The predicted molar refractivity (Wildman–Crippen MR) is 80.8 cm³/mol. The Bertz CT molecular complexity index is 439. The second kappa shape index (κ2) is 7.38. The molecule has 0 aliphatic heterocycles. The minimum absolute atomic E-state index is 0.140. The Balaban J connectivity index is 2.56. The molecule has 0 radical (unpaired) electrons. The van der Waals surface area contributed by atoms with E-state index in [0.717, 1.165) is 12.2 Å². The first kappa shape index (κ1) is 15.8. The molecule has 0 bridgehead atoms. The Morgan fingerprint density at radius 2 is 2.16 bits per heavy atom. The number of carbonyl (C=O) groups is 1. The minimum Gasteiger partial charge on any atom is -0.399 e. The lowest BCUT2D eigenvalue weighted by Gasteiger charge is -2.15. The molecule has 0 aliphatic rings. The number of halogens is 1. The van der Waals surface area contributed by atoms with Gasteiger partial charge in [-0.25, -0.2) is 4.39 Å². The first-order valence-electron chi connectivity index (χ1n) is 6.41. The van der Waals surface area contributed by atoms with Gasteiger partial charge in [0, 0.05) is 5.69 Å². The van der Waals surface area contributed by atoms with Crippen molar-refractivity contribution in [3.8, 4) is 0 Å². The fraction of sp³-hybridized carbons (Fsp3) is 0.500. The Labute approximate surface area is 118 Å². The fourth-order valence-corrected chi connectivity index (χ4v) is 2.44. The summed E-state index contributed by atoms with van der Waals surface area (Å²) in [7, 11) is 0. The molecule has 3 N–H and O–H groups in total. The second-order valence-electron chi connectivity index (χ2n) is 4.72. The zero-order valence-electron chi connectivity index (χ0n) is 11.6. The van der Waals surface area contributed by atoms with Gasteiger partial charge in [0.1, 0.15) is 5.82 Å². The summed E-state index contributed by atoms with van der Waals surface area (Å²) in [6.45, 7) is 6.10. The van der Waals surface area contributed by atoms with Crippen molar-refractivity contribution in [2.45, 2.75) is 32.4 Å². The van der Waals surface area contributed by atoms with Gasteiger partial charge in [0.15, 0.2) is 0 Å². The van der Waals surface area contributed by atoms with Crippen LogP contribution in [0.25, 0.3) is 0 Å². The van der Waals surface area contributed by atoms with Crippen LogP contribution in [-0.2, 0) is 4.79 Å². The van der Waals surface area contributed by atoms with Crippen molar-refractivity contribution in [3.05, 3.63) is 24.0 Å². The van der Waals surface area contributed by atoms with Gasteiger partial charge in [-0.3, -0.25) is 4.79 Å². The van der Waals surface area contributed by atoms with Crippen molar-refractivity contribution in [2.75, 3.05) is 16.8 Å². The minimum atomic E-state index is -0.471. The molecular formula is C14H21FN2OS. The molecule has 1 aromatic rings. The summed E-state index contributed by atoms with van der Waals surface area (Å²) in [6, 6.07) is 4.15. The van der Waals surface area contributed by atoms with E-state index in [2.05, 4.69) is 19.2 Å². The first-order chi connectivity index (χ1) is 8.93. The molecular weight excluding hydrogens is 263 g/mol. The van der Waals surface area contributed by atoms with Crippen molar-refractivity contribution in [3.63, 3.8) is 0 Å². The molecule has 1 amide bonds. The van der Waals surface area contributed by atoms with Gasteiger partial charge in [0.05, 0.1) is 10.9 Å². The van der Waals surface area contributed by atoms with E-state index in [-0.39, 0.29) is 16.8 Å². The second-order valence-corrected chi connectivity index (χ2v) is 6.09. The molecule has 2 unspecified atom stereocenters. The van der Waals surface area contributed by atoms with Gasteiger partial charge in [0.25, 0.3) is 0 Å². The lowest BCUT2D eigenvalue weighted by atomic mass is 10.2. The van der Waals surface area contributed by atoms with Crippen LogP contribution in [0, 0.1) is 11.7 Å². The van der Waals surface area contributed by atoms with Crippen LogP contribution in [0.15, 0.2) is 18.2 Å². The molecule has 3 nitrogen and oxygen atoms in total.